The monoisotopic (exact) mass is 490 g/mol. The van der Waals surface area contributed by atoms with Crippen LogP contribution in [0.25, 0.3) is 6.08 Å². The second-order valence-electron chi connectivity index (χ2n) is 6.09. The SMILES string of the molecule is CN1C(=O)C(=Cc2cc(Br)ccc2OCC(=O)O)SC1=Nc1ccc(C(=O)O)cc1. The number of aliphatic carboxylic acids is 1. The molecule has 2 N–H and O–H groups in total. The van der Waals surface area contributed by atoms with Gasteiger partial charge in [-0.2, -0.15) is 0 Å². The zero-order chi connectivity index (χ0) is 21.8. The molecule has 3 rings (SSSR count). The van der Waals surface area contributed by atoms with Crippen LogP contribution in [0.5, 0.6) is 5.75 Å². The standard InChI is InChI=1S/C20H15BrN2O6S/c1-23-18(26)16(9-12-8-13(21)4-7-15(12)29-10-17(24)25)30-20(23)22-14-5-2-11(3-6-14)19(27)28/h2-9H,10H2,1H3,(H,24,25)(H,27,28). The van der Waals surface area contributed by atoms with Crippen LogP contribution in [0, 0.1) is 0 Å². The average molecular weight is 491 g/mol. The van der Waals surface area contributed by atoms with E-state index in [0.29, 0.717) is 27.1 Å². The first kappa shape index (κ1) is 21.6. The quantitative estimate of drug-likeness (QED) is 0.590. The Bertz CT molecular complexity index is 1080. The fraction of sp³-hybridized carbons (Fsp3) is 0.100. The highest BCUT2D eigenvalue weighted by Crippen LogP contribution is 2.35. The number of thioether (sulfide) groups is 1. The van der Waals surface area contributed by atoms with E-state index in [1.54, 1.807) is 43.5 Å². The molecule has 1 heterocycles. The Morgan fingerprint density at radius 2 is 1.90 bits per heavy atom. The molecule has 0 aliphatic carbocycles. The molecule has 0 radical (unpaired) electrons. The summed E-state index contributed by atoms with van der Waals surface area (Å²) in [4.78, 5) is 40.6. The van der Waals surface area contributed by atoms with Crippen LogP contribution in [0.3, 0.4) is 0 Å². The molecule has 0 bridgehead atoms. The summed E-state index contributed by atoms with van der Waals surface area (Å²) in [6.07, 6.45) is 1.61. The molecule has 2 aromatic carbocycles. The number of benzene rings is 2. The molecule has 2 aromatic rings. The summed E-state index contributed by atoms with van der Waals surface area (Å²) in [5, 5.41) is 18.2. The molecule has 0 atom stereocenters. The molecule has 1 amide bonds. The predicted molar refractivity (Wildman–Crippen MR) is 116 cm³/mol. The number of hydrogen-bond acceptors (Lipinski definition) is 6. The summed E-state index contributed by atoms with van der Waals surface area (Å²) in [5.41, 5.74) is 1.20. The van der Waals surface area contributed by atoms with Gasteiger partial charge in [-0.25, -0.2) is 14.6 Å². The van der Waals surface area contributed by atoms with Gasteiger partial charge in [-0.1, -0.05) is 15.9 Å². The third-order valence-corrected chi connectivity index (χ3v) is 5.51. The third-order valence-electron chi connectivity index (χ3n) is 3.95. The third kappa shape index (κ3) is 5.08. The summed E-state index contributed by atoms with van der Waals surface area (Å²) in [5.74, 6) is -2.08. The van der Waals surface area contributed by atoms with Crippen molar-refractivity contribution in [2.45, 2.75) is 0 Å². The van der Waals surface area contributed by atoms with Crippen LogP contribution in [0.1, 0.15) is 15.9 Å². The molecule has 1 fully saturated rings. The lowest BCUT2D eigenvalue weighted by Crippen LogP contribution is -2.23. The van der Waals surface area contributed by atoms with Gasteiger partial charge in [0.05, 0.1) is 16.2 Å². The van der Waals surface area contributed by atoms with E-state index in [2.05, 4.69) is 20.9 Å². The fourth-order valence-electron chi connectivity index (χ4n) is 2.48. The zero-order valence-corrected chi connectivity index (χ0v) is 17.9. The Labute approximate surface area is 184 Å². The maximum absolute atomic E-state index is 12.6. The Morgan fingerprint density at radius 1 is 1.20 bits per heavy atom. The van der Waals surface area contributed by atoms with Crippen molar-refractivity contribution in [3.63, 3.8) is 0 Å². The number of amidine groups is 1. The van der Waals surface area contributed by atoms with Gasteiger partial charge in [-0.05, 0) is 60.3 Å². The van der Waals surface area contributed by atoms with Crippen LogP contribution in [-0.4, -0.2) is 51.8 Å². The molecular formula is C20H15BrN2O6S. The van der Waals surface area contributed by atoms with Crippen molar-refractivity contribution >= 4 is 62.5 Å². The highest BCUT2D eigenvalue weighted by molar-refractivity contribution is 9.10. The number of amides is 1. The summed E-state index contributed by atoms with van der Waals surface area (Å²) in [6.45, 7) is -0.502. The topological polar surface area (TPSA) is 117 Å². The van der Waals surface area contributed by atoms with E-state index in [9.17, 15) is 14.4 Å². The Morgan fingerprint density at radius 3 is 2.53 bits per heavy atom. The highest BCUT2D eigenvalue weighted by Gasteiger charge is 2.30. The molecule has 0 unspecified atom stereocenters. The number of halogens is 1. The number of aliphatic imine (C=N–C) groups is 1. The molecule has 0 aromatic heterocycles. The van der Waals surface area contributed by atoms with Gasteiger partial charge in [-0.3, -0.25) is 9.69 Å². The van der Waals surface area contributed by atoms with Gasteiger partial charge in [0.15, 0.2) is 11.8 Å². The number of ether oxygens (including phenoxy) is 1. The maximum Gasteiger partial charge on any atom is 0.341 e. The Balaban J connectivity index is 1.89. The number of aromatic carboxylic acids is 1. The van der Waals surface area contributed by atoms with Crippen molar-refractivity contribution in [2.75, 3.05) is 13.7 Å². The molecular weight excluding hydrogens is 476 g/mol. The lowest BCUT2D eigenvalue weighted by Gasteiger charge is -2.08. The van der Waals surface area contributed by atoms with Crippen LogP contribution >= 0.6 is 27.7 Å². The van der Waals surface area contributed by atoms with Gasteiger partial charge in [0.25, 0.3) is 5.91 Å². The molecule has 1 saturated heterocycles. The minimum Gasteiger partial charge on any atom is -0.481 e. The van der Waals surface area contributed by atoms with Crippen LogP contribution in [0.15, 0.2) is 56.8 Å². The summed E-state index contributed by atoms with van der Waals surface area (Å²) >= 11 is 4.51. The highest BCUT2D eigenvalue weighted by atomic mass is 79.9. The first-order valence-corrected chi connectivity index (χ1v) is 10.1. The number of likely N-dealkylation sites (N-methyl/N-ethyl adjacent to an activating group) is 1. The zero-order valence-electron chi connectivity index (χ0n) is 15.5. The van der Waals surface area contributed by atoms with E-state index in [1.165, 1.54) is 17.0 Å². The largest absolute Gasteiger partial charge is 0.481 e. The van der Waals surface area contributed by atoms with Crippen molar-refractivity contribution in [2.24, 2.45) is 4.99 Å². The van der Waals surface area contributed by atoms with Crippen molar-refractivity contribution in [1.82, 2.24) is 4.90 Å². The van der Waals surface area contributed by atoms with E-state index in [-0.39, 0.29) is 11.5 Å². The molecule has 1 aliphatic rings. The number of carboxylic acid groups (broad SMARTS) is 2. The number of carboxylic acids is 2. The van der Waals surface area contributed by atoms with E-state index >= 15 is 0 Å². The minimum atomic E-state index is -1.11. The van der Waals surface area contributed by atoms with E-state index < -0.39 is 18.5 Å². The first-order chi connectivity index (χ1) is 14.2. The molecule has 8 nitrogen and oxygen atoms in total. The summed E-state index contributed by atoms with van der Waals surface area (Å²) in [7, 11) is 1.59. The Hall–Kier alpha value is -3.11. The van der Waals surface area contributed by atoms with Crippen molar-refractivity contribution in [3.8, 4) is 5.75 Å². The fourth-order valence-corrected chi connectivity index (χ4v) is 3.84. The lowest BCUT2D eigenvalue weighted by molar-refractivity contribution is -0.139. The minimum absolute atomic E-state index is 0.145. The molecule has 1 aliphatic heterocycles. The number of hydrogen-bond donors (Lipinski definition) is 2. The smallest absolute Gasteiger partial charge is 0.341 e. The van der Waals surface area contributed by atoms with Gasteiger partial charge in [0.2, 0.25) is 0 Å². The van der Waals surface area contributed by atoms with Gasteiger partial charge >= 0.3 is 11.9 Å². The molecule has 0 saturated carbocycles. The van der Waals surface area contributed by atoms with Gasteiger partial charge in [0, 0.05) is 17.1 Å². The number of nitrogens with zero attached hydrogens (tertiary/aromatic N) is 2. The van der Waals surface area contributed by atoms with Crippen molar-refractivity contribution in [1.29, 1.82) is 0 Å². The second-order valence-corrected chi connectivity index (χ2v) is 8.01. The summed E-state index contributed by atoms with van der Waals surface area (Å²) in [6, 6.07) is 11.0. The first-order valence-electron chi connectivity index (χ1n) is 8.48. The number of carbonyl (C=O) groups is 3. The number of rotatable bonds is 6. The lowest BCUT2D eigenvalue weighted by atomic mass is 10.2. The van der Waals surface area contributed by atoms with Crippen molar-refractivity contribution in [3.05, 3.63) is 63.0 Å². The van der Waals surface area contributed by atoms with Crippen LogP contribution in [0.4, 0.5) is 5.69 Å². The van der Waals surface area contributed by atoms with Crippen LogP contribution in [-0.2, 0) is 9.59 Å². The van der Waals surface area contributed by atoms with Gasteiger partial charge in [0.1, 0.15) is 5.75 Å². The van der Waals surface area contributed by atoms with Crippen LogP contribution in [0.2, 0.25) is 0 Å². The van der Waals surface area contributed by atoms with Crippen LogP contribution < -0.4 is 4.74 Å². The number of carbonyl (C=O) groups excluding carboxylic acids is 1. The molecule has 30 heavy (non-hydrogen) atoms. The molecule has 10 heteroatoms. The van der Waals surface area contributed by atoms with E-state index in [0.717, 1.165) is 16.2 Å². The second kappa shape index (κ2) is 9.14. The summed E-state index contributed by atoms with van der Waals surface area (Å²) < 4.78 is 6.05. The average Bonchev–Trinajstić information content (AvgIpc) is 2.95. The predicted octanol–water partition coefficient (Wildman–Crippen LogP) is 3.84. The van der Waals surface area contributed by atoms with Gasteiger partial charge < -0.3 is 14.9 Å². The van der Waals surface area contributed by atoms with E-state index in [4.69, 9.17) is 14.9 Å². The normalized spacial score (nSPS) is 16.3. The Kier molecular flexibility index (Phi) is 6.58. The molecule has 154 valence electrons. The van der Waals surface area contributed by atoms with Gasteiger partial charge in [-0.15, -0.1) is 0 Å². The van der Waals surface area contributed by atoms with E-state index in [1.807, 2.05) is 0 Å². The maximum atomic E-state index is 12.6. The van der Waals surface area contributed by atoms with Crippen molar-refractivity contribution < 1.29 is 29.3 Å². The molecule has 0 spiro atoms.